The van der Waals surface area contributed by atoms with Gasteiger partial charge < -0.3 is 16.6 Å². The number of amidine groups is 1. The van der Waals surface area contributed by atoms with Crippen LogP contribution in [0, 0.1) is 17.0 Å². The van der Waals surface area contributed by atoms with Crippen LogP contribution in [-0.4, -0.2) is 39.1 Å². The molecular formula is C22H20F5N9. The number of hydrazone groups is 1. The number of hydrogen-bond donors (Lipinski definition) is 4. The van der Waals surface area contributed by atoms with Crippen LogP contribution in [0.5, 0.6) is 0 Å². The third kappa shape index (κ3) is 5.76. The topological polar surface area (TPSA) is 155 Å². The molecule has 3 aromatic rings. The summed E-state index contributed by atoms with van der Waals surface area (Å²) in [6.45, 7) is 1.80. The maximum Gasteiger partial charge on any atom is 0.451 e. The molecule has 0 saturated heterocycles. The highest BCUT2D eigenvalue weighted by Gasteiger charge is 2.34. The first kappa shape index (κ1) is 26.1. The number of nitrogens with one attached hydrogen (secondary N) is 2. The molecule has 188 valence electrons. The molecule has 1 atom stereocenters. The van der Waals surface area contributed by atoms with Crippen LogP contribution >= 0.6 is 0 Å². The highest BCUT2D eigenvalue weighted by Crippen LogP contribution is 2.31. The minimum atomic E-state index is -4.71. The Morgan fingerprint density at radius 1 is 1.19 bits per heavy atom. The molecule has 36 heavy (non-hydrogen) atoms. The summed E-state index contributed by atoms with van der Waals surface area (Å²) in [7, 11) is 0. The lowest BCUT2D eigenvalue weighted by molar-refractivity contribution is -0.144. The van der Waals surface area contributed by atoms with Crippen LogP contribution in [0.1, 0.15) is 36.5 Å². The molecule has 14 heteroatoms. The molecule has 1 aromatic carbocycles. The lowest BCUT2D eigenvalue weighted by atomic mass is 9.96. The number of rotatable bonds is 8. The minimum Gasteiger partial charge on any atom is -0.382 e. The fourth-order valence-corrected chi connectivity index (χ4v) is 3.36. The number of aliphatic imine (C=N–C) groups is 2. The number of nitrogens with two attached hydrogens (primary N) is 2. The Labute approximate surface area is 201 Å². The van der Waals surface area contributed by atoms with E-state index in [-0.39, 0.29) is 28.5 Å². The van der Waals surface area contributed by atoms with Gasteiger partial charge in [0.1, 0.15) is 18.0 Å². The summed E-state index contributed by atoms with van der Waals surface area (Å²) in [4.78, 5) is 17.5. The van der Waals surface area contributed by atoms with Gasteiger partial charge in [-0.2, -0.15) is 18.3 Å². The number of H-pyrrole nitrogens is 1. The van der Waals surface area contributed by atoms with E-state index in [1.54, 1.807) is 13.0 Å². The van der Waals surface area contributed by atoms with E-state index >= 15 is 0 Å². The van der Waals surface area contributed by atoms with Crippen LogP contribution < -0.4 is 11.6 Å². The molecular weight excluding hydrogens is 485 g/mol. The first-order valence-electron chi connectivity index (χ1n) is 10.3. The van der Waals surface area contributed by atoms with E-state index in [1.807, 2.05) is 0 Å². The second-order valence-electron chi connectivity index (χ2n) is 7.32. The number of aromatic nitrogens is 3. The SMILES string of the molecule is CCC(C(C=Nc1ccc(F)cc1F)=NN)c1cc(-c2cnc(C(F)(F)F)nc2)c(C(N)=NC=N)[nH]1. The van der Waals surface area contributed by atoms with E-state index in [0.29, 0.717) is 30.1 Å². The summed E-state index contributed by atoms with van der Waals surface area (Å²) in [5.41, 5.74) is 7.24. The molecule has 0 aliphatic rings. The first-order chi connectivity index (χ1) is 17.1. The van der Waals surface area contributed by atoms with E-state index in [2.05, 4.69) is 30.0 Å². The van der Waals surface area contributed by atoms with Crippen molar-refractivity contribution < 1.29 is 22.0 Å². The monoisotopic (exact) mass is 505 g/mol. The van der Waals surface area contributed by atoms with Crippen molar-refractivity contribution in [2.24, 2.45) is 26.7 Å². The minimum absolute atomic E-state index is 0.116. The Kier molecular flexibility index (Phi) is 7.86. The normalized spacial score (nSPS) is 13.8. The summed E-state index contributed by atoms with van der Waals surface area (Å²) in [5.74, 6) is 1.96. The van der Waals surface area contributed by atoms with Crippen LogP contribution in [0.2, 0.25) is 0 Å². The van der Waals surface area contributed by atoms with Crippen molar-refractivity contribution in [1.82, 2.24) is 15.0 Å². The number of halogens is 5. The molecule has 6 N–H and O–H groups in total. The molecule has 2 heterocycles. The first-order valence-corrected chi connectivity index (χ1v) is 10.3. The molecule has 0 radical (unpaired) electrons. The maximum atomic E-state index is 14.0. The Balaban J connectivity index is 2.04. The smallest absolute Gasteiger partial charge is 0.382 e. The highest BCUT2D eigenvalue weighted by molar-refractivity contribution is 6.33. The van der Waals surface area contributed by atoms with Crippen LogP contribution in [0.15, 0.2) is 51.7 Å². The summed E-state index contributed by atoms with van der Waals surface area (Å²) in [6.07, 6.45) is -0.395. The van der Waals surface area contributed by atoms with Gasteiger partial charge in [-0.05, 0) is 24.6 Å². The van der Waals surface area contributed by atoms with Crippen molar-refractivity contribution in [2.75, 3.05) is 0 Å². The Hall–Kier alpha value is -4.49. The lowest BCUT2D eigenvalue weighted by Gasteiger charge is -2.12. The van der Waals surface area contributed by atoms with Gasteiger partial charge in [0.15, 0.2) is 5.82 Å². The molecule has 3 rings (SSSR count). The van der Waals surface area contributed by atoms with Gasteiger partial charge in [0, 0.05) is 41.2 Å². The molecule has 0 amide bonds. The summed E-state index contributed by atoms with van der Waals surface area (Å²) < 4.78 is 65.8. The van der Waals surface area contributed by atoms with Gasteiger partial charge in [0.25, 0.3) is 0 Å². The second kappa shape index (κ2) is 10.8. The van der Waals surface area contributed by atoms with E-state index in [0.717, 1.165) is 24.5 Å². The number of hydrogen-bond acceptors (Lipinski definition) is 6. The van der Waals surface area contributed by atoms with Crippen LogP contribution in [0.25, 0.3) is 11.1 Å². The van der Waals surface area contributed by atoms with Gasteiger partial charge >= 0.3 is 6.18 Å². The largest absolute Gasteiger partial charge is 0.451 e. The zero-order valence-electron chi connectivity index (χ0n) is 18.7. The molecule has 2 aromatic heterocycles. The predicted molar refractivity (Wildman–Crippen MR) is 125 cm³/mol. The molecule has 0 aliphatic carbocycles. The fourth-order valence-electron chi connectivity index (χ4n) is 3.36. The standard InChI is InChI=1S/C22H20F5N9/c1-2-13(18(36-30)9-31-16-4-3-12(23)5-15(16)24)17-6-14(19(35-17)20(29)34-10-28)11-7-32-21(33-8-11)22(25,26)27/h3-10,13,35H,2,30H2,1H3,(H3,28,29,34). The molecule has 0 aliphatic heterocycles. The summed E-state index contributed by atoms with van der Waals surface area (Å²) in [6, 6.07) is 4.47. The number of nitrogens with zero attached hydrogens (tertiary/aromatic N) is 5. The summed E-state index contributed by atoms with van der Waals surface area (Å²) >= 11 is 0. The molecule has 0 saturated carbocycles. The van der Waals surface area contributed by atoms with Crippen molar-refractivity contribution in [3.63, 3.8) is 0 Å². The lowest BCUT2D eigenvalue weighted by Crippen LogP contribution is -2.18. The molecule has 0 bridgehead atoms. The van der Waals surface area contributed by atoms with Gasteiger partial charge in [-0.3, -0.25) is 10.4 Å². The summed E-state index contributed by atoms with van der Waals surface area (Å²) in [5, 5.41) is 10.9. The molecule has 1 unspecified atom stereocenters. The third-order valence-corrected chi connectivity index (χ3v) is 5.05. The van der Waals surface area contributed by atoms with E-state index in [4.69, 9.17) is 17.0 Å². The van der Waals surface area contributed by atoms with Crippen LogP contribution in [-0.2, 0) is 6.18 Å². The average Bonchev–Trinajstić information content (AvgIpc) is 3.27. The predicted octanol–water partition coefficient (Wildman–Crippen LogP) is 4.29. The van der Waals surface area contributed by atoms with E-state index in [1.165, 1.54) is 6.21 Å². The fraction of sp³-hybridized carbons (Fsp3) is 0.182. The van der Waals surface area contributed by atoms with Crippen molar-refractivity contribution in [3.8, 4) is 11.1 Å². The van der Waals surface area contributed by atoms with E-state index < -0.39 is 29.6 Å². The van der Waals surface area contributed by atoms with Gasteiger partial charge in [-0.25, -0.2) is 23.7 Å². The molecule has 9 nitrogen and oxygen atoms in total. The second-order valence-corrected chi connectivity index (χ2v) is 7.32. The van der Waals surface area contributed by atoms with Crippen LogP contribution in [0.4, 0.5) is 27.6 Å². The van der Waals surface area contributed by atoms with Gasteiger partial charge in [0.05, 0.1) is 23.3 Å². The zero-order valence-corrected chi connectivity index (χ0v) is 18.7. The van der Waals surface area contributed by atoms with Crippen molar-refractivity contribution in [1.29, 1.82) is 5.41 Å². The van der Waals surface area contributed by atoms with Gasteiger partial charge in [-0.1, -0.05) is 6.92 Å². The number of benzene rings is 1. The van der Waals surface area contributed by atoms with Gasteiger partial charge in [0.2, 0.25) is 5.82 Å². The van der Waals surface area contributed by atoms with Gasteiger partial charge in [-0.15, -0.1) is 0 Å². The van der Waals surface area contributed by atoms with Crippen molar-refractivity contribution in [3.05, 3.63) is 65.5 Å². The Morgan fingerprint density at radius 3 is 2.44 bits per heavy atom. The quantitative estimate of drug-likeness (QED) is 0.118. The highest BCUT2D eigenvalue weighted by atomic mass is 19.4. The molecule has 0 spiro atoms. The number of aromatic amines is 1. The third-order valence-electron chi connectivity index (χ3n) is 5.05. The average molecular weight is 505 g/mol. The number of alkyl halides is 3. The Bertz CT molecular complexity index is 1320. The van der Waals surface area contributed by atoms with E-state index in [9.17, 15) is 22.0 Å². The van der Waals surface area contributed by atoms with Crippen molar-refractivity contribution in [2.45, 2.75) is 25.4 Å². The molecule has 0 fully saturated rings. The Morgan fingerprint density at radius 2 is 1.89 bits per heavy atom. The zero-order chi connectivity index (χ0) is 26.5. The van der Waals surface area contributed by atoms with Crippen molar-refractivity contribution >= 4 is 29.8 Å². The van der Waals surface area contributed by atoms with Crippen LogP contribution in [0.3, 0.4) is 0 Å². The maximum absolute atomic E-state index is 14.0.